The minimum absolute atomic E-state index is 0.0597. The molecular weight excluding hydrogens is 288 g/mol. The summed E-state index contributed by atoms with van der Waals surface area (Å²) >= 11 is 0. The maximum atomic E-state index is 11.2. The summed E-state index contributed by atoms with van der Waals surface area (Å²) in [5, 5.41) is 6.23. The molecular formula is C18H28N4O. The Balaban J connectivity index is 2.01. The highest BCUT2D eigenvalue weighted by molar-refractivity contribution is 5.88. The van der Waals surface area contributed by atoms with Crippen LogP contribution in [0.2, 0.25) is 0 Å². The van der Waals surface area contributed by atoms with E-state index in [-0.39, 0.29) is 16.9 Å². The fourth-order valence-corrected chi connectivity index (χ4v) is 2.84. The standard InChI is InChI=1S/C18H28N4O/c1-13(23)21-15-9-7-8-14(10-15)11-20-16(19-6)22-12-17(2,3)18(22,4)5/h7-10H,11-12H2,1-6H3,(H,19,20)(H,21,23). The molecule has 0 spiro atoms. The zero-order valence-electron chi connectivity index (χ0n) is 15.0. The summed E-state index contributed by atoms with van der Waals surface area (Å²) in [6, 6.07) is 7.85. The third-order valence-electron chi connectivity index (χ3n) is 5.05. The molecule has 1 heterocycles. The number of hydrogen-bond donors (Lipinski definition) is 2. The quantitative estimate of drug-likeness (QED) is 0.666. The van der Waals surface area contributed by atoms with Crippen LogP contribution in [0.15, 0.2) is 29.3 Å². The molecule has 23 heavy (non-hydrogen) atoms. The molecule has 1 aromatic carbocycles. The van der Waals surface area contributed by atoms with Crippen molar-refractivity contribution in [3.63, 3.8) is 0 Å². The van der Waals surface area contributed by atoms with Crippen molar-refractivity contribution in [2.24, 2.45) is 10.4 Å². The largest absolute Gasteiger partial charge is 0.352 e. The number of carbonyl (C=O) groups excluding carboxylic acids is 1. The predicted molar refractivity (Wildman–Crippen MR) is 95.5 cm³/mol. The molecule has 5 nitrogen and oxygen atoms in total. The average molecular weight is 316 g/mol. The molecule has 0 aromatic heterocycles. The van der Waals surface area contributed by atoms with Crippen LogP contribution in [0, 0.1) is 5.41 Å². The van der Waals surface area contributed by atoms with Gasteiger partial charge in [-0.05, 0) is 31.5 Å². The van der Waals surface area contributed by atoms with Crippen LogP contribution in [0.3, 0.4) is 0 Å². The number of likely N-dealkylation sites (tertiary alicyclic amines) is 1. The van der Waals surface area contributed by atoms with Gasteiger partial charge in [-0.2, -0.15) is 0 Å². The first-order valence-electron chi connectivity index (χ1n) is 8.02. The second kappa shape index (κ2) is 6.22. The van der Waals surface area contributed by atoms with Gasteiger partial charge in [-0.25, -0.2) is 0 Å². The highest BCUT2D eigenvalue weighted by Gasteiger charge is 2.53. The van der Waals surface area contributed by atoms with E-state index >= 15 is 0 Å². The molecule has 1 aliphatic heterocycles. The van der Waals surface area contributed by atoms with Crippen LogP contribution in [-0.2, 0) is 11.3 Å². The van der Waals surface area contributed by atoms with Gasteiger partial charge in [0.2, 0.25) is 5.91 Å². The second-order valence-electron chi connectivity index (χ2n) is 7.31. The van der Waals surface area contributed by atoms with Crippen LogP contribution in [0.1, 0.15) is 40.2 Å². The van der Waals surface area contributed by atoms with Crippen LogP contribution >= 0.6 is 0 Å². The molecule has 5 heteroatoms. The lowest BCUT2D eigenvalue weighted by Gasteiger charge is -2.62. The van der Waals surface area contributed by atoms with Crippen molar-refractivity contribution >= 4 is 17.6 Å². The smallest absolute Gasteiger partial charge is 0.221 e. The number of benzene rings is 1. The number of anilines is 1. The van der Waals surface area contributed by atoms with E-state index < -0.39 is 0 Å². The number of amides is 1. The molecule has 0 radical (unpaired) electrons. The molecule has 1 saturated heterocycles. The highest BCUT2D eigenvalue weighted by Crippen LogP contribution is 2.46. The fraction of sp³-hybridized carbons (Fsp3) is 0.556. The lowest BCUT2D eigenvalue weighted by molar-refractivity contribution is -0.114. The lowest BCUT2D eigenvalue weighted by Crippen LogP contribution is -2.72. The summed E-state index contributed by atoms with van der Waals surface area (Å²) in [4.78, 5) is 17.9. The van der Waals surface area contributed by atoms with Gasteiger partial charge < -0.3 is 15.5 Å². The van der Waals surface area contributed by atoms with Crippen LogP contribution in [0.25, 0.3) is 0 Å². The van der Waals surface area contributed by atoms with Gasteiger partial charge in [0.05, 0.1) is 0 Å². The summed E-state index contributed by atoms with van der Waals surface area (Å²) in [7, 11) is 1.82. The summed E-state index contributed by atoms with van der Waals surface area (Å²) in [5.74, 6) is 0.856. The van der Waals surface area contributed by atoms with E-state index in [0.717, 1.165) is 23.8 Å². The minimum atomic E-state index is -0.0597. The van der Waals surface area contributed by atoms with E-state index in [0.29, 0.717) is 6.54 Å². The van der Waals surface area contributed by atoms with Crippen LogP contribution in [0.5, 0.6) is 0 Å². The van der Waals surface area contributed by atoms with Gasteiger partial charge in [0.25, 0.3) is 0 Å². The molecule has 1 aliphatic rings. The number of nitrogens with one attached hydrogen (secondary N) is 2. The highest BCUT2D eigenvalue weighted by atomic mass is 16.1. The zero-order valence-corrected chi connectivity index (χ0v) is 15.0. The predicted octanol–water partition coefficient (Wildman–Crippen LogP) is 2.84. The Morgan fingerprint density at radius 2 is 2.00 bits per heavy atom. The third kappa shape index (κ3) is 3.49. The molecule has 1 aromatic rings. The Morgan fingerprint density at radius 3 is 2.52 bits per heavy atom. The molecule has 126 valence electrons. The third-order valence-corrected chi connectivity index (χ3v) is 5.05. The van der Waals surface area contributed by atoms with Crippen LogP contribution in [0.4, 0.5) is 5.69 Å². The minimum Gasteiger partial charge on any atom is -0.352 e. The number of aliphatic imine (C=N–C) groups is 1. The Labute approximate surface area is 139 Å². The normalized spacial score (nSPS) is 19.0. The van der Waals surface area contributed by atoms with Gasteiger partial charge >= 0.3 is 0 Å². The zero-order chi connectivity index (χ0) is 17.3. The Hall–Kier alpha value is -2.04. The topological polar surface area (TPSA) is 56.7 Å². The van der Waals surface area contributed by atoms with Crippen molar-refractivity contribution in [3.05, 3.63) is 29.8 Å². The summed E-state index contributed by atoms with van der Waals surface area (Å²) in [6.07, 6.45) is 0. The second-order valence-corrected chi connectivity index (χ2v) is 7.31. The first kappa shape index (κ1) is 17.3. The van der Waals surface area contributed by atoms with Gasteiger partial charge in [-0.1, -0.05) is 26.0 Å². The number of carbonyl (C=O) groups is 1. The first-order valence-corrected chi connectivity index (χ1v) is 8.02. The van der Waals surface area contributed by atoms with Crippen molar-refractivity contribution in [1.82, 2.24) is 10.2 Å². The van der Waals surface area contributed by atoms with Crippen molar-refractivity contribution in [2.75, 3.05) is 18.9 Å². The number of nitrogens with zero attached hydrogens (tertiary/aromatic N) is 2. The van der Waals surface area contributed by atoms with E-state index in [1.807, 2.05) is 31.3 Å². The molecule has 0 unspecified atom stereocenters. The van der Waals surface area contributed by atoms with Gasteiger partial charge in [-0.15, -0.1) is 0 Å². The number of rotatable bonds is 3. The summed E-state index contributed by atoms with van der Waals surface area (Å²) in [5.41, 5.74) is 2.27. The molecule has 0 aliphatic carbocycles. The van der Waals surface area contributed by atoms with Crippen LogP contribution in [-0.4, -0.2) is 35.9 Å². The van der Waals surface area contributed by atoms with E-state index in [1.165, 1.54) is 6.92 Å². The Kier molecular flexibility index (Phi) is 4.68. The molecule has 0 saturated carbocycles. The fourth-order valence-electron chi connectivity index (χ4n) is 2.84. The monoisotopic (exact) mass is 316 g/mol. The van der Waals surface area contributed by atoms with Gasteiger partial charge in [0, 0.05) is 43.7 Å². The van der Waals surface area contributed by atoms with Crippen molar-refractivity contribution in [1.29, 1.82) is 0 Å². The van der Waals surface area contributed by atoms with E-state index in [2.05, 4.69) is 48.2 Å². The Bertz CT molecular complexity index is 619. The summed E-state index contributed by atoms with van der Waals surface area (Å²) < 4.78 is 0. The number of guanidine groups is 1. The molecule has 1 fully saturated rings. The van der Waals surface area contributed by atoms with E-state index in [1.54, 1.807) is 0 Å². The van der Waals surface area contributed by atoms with Gasteiger partial charge in [-0.3, -0.25) is 9.79 Å². The van der Waals surface area contributed by atoms with E-state index in [4.69, 9.17) is 0 Å². The average Bonchev–Trinajstić information content (AvgIpc) is 2.46. The van der Waals surface area contributed by atoms with Crippen molar-refractivity contribution in [3.8, 4) is 0 Å². The van der Waals surface area contributed by atoms with Gasteiger partial charge in [0.15, 0.2) is 5.96 Å². The van der Waals surface area contributed by atoms with Crippen molar-refractivity contribution < 1.29 is 4.79 Å². The maximum Gasteiger partial charge on any atom is 0.221 e. The van der Waals surface area contributed by atoms with Crippen molar-refractivity contribution in [2.45, 2.75) is 46.7 Å². The van der Waals surface area contributed by atoms with Crippen LogP contribution < -0.4 is 10.6 Å². The Morgan fingerprint density at radius 1 is 1.30 bits per heavy atom. The lowest BCUT2D eigenvalue weighted by atomic mass is 9.65. The molecule has 2 rings (SSSR count). The molecule has 0 bridgehead atoms. The maximum absolute atomic E-state index is 11.2. The number of hydrogen-bond acceptors (Lipinski definition) is 2. The SMILES string of the molecule is CN=C(NCc1cccc(NC(C)=O)c1)N1CC(C)(C)C1(C)C. The molecule has 2 N–H and O–H groups in total. The van der Waals surface area contributed by atoms with Gasteiger partial charge in [0.1, 0.15) is 0 Å². The molecule has 1 amide bonds. The first-order chi connectivity index (χ1) is 10.7. The summed E-state index contributed by atoms with van der Waals surface area (Å²) in [6.45, 7) is 12.3. The van der Waals surface area contributed by atoms with E-state index in [9.17, 15) is 4.79 Å². The molecule has 0 atom stereocenters.